The molecule has 23 heavy (non-hydrogen) atoms. The first kappa shape index (κ1) is 15.8. The number of nitrogens with one attached hydrogen (secondary N) is 1. The second-order valence-corrected chi connectivity index (χ2v) is 6.16. The number of benzene rings is 2. The van der Waals surface area contributed by atoms with E-state index in [1.807, 2.05) is 24.3 Å². The number of anilines is 2. The van der Waals surface area contributed by atoms with Gasteiger partial charge in [-0.05, 0) is 61.4 Å². The van der Waals surface area contributed by atoms with Gasteiger partial charge in [0.1, 0.15) is 0 Å². The third-order valence-electron chi connectivity index (χ3n) is 4.06. The van der Waals surface area contributed by atoms with Crippen LogP contribution in [0.3, 0.4) is 0 Å². The summed E-state index contributed by atoms with van der Waals surface area (Å²) in [6.45, 7) is 1.69. The lowest BCUT2D eigenvalue weighted by molar-refractivity contribution is 0.102. The number of amides is 1. The number of aliphatic hydroxyl groups excluding tert-OH is 1. The number of hydrogen-bond acceptors (Lipinski definition) is 3. The van der Waals surface area contributed by atoms with Crippen molar-refractivity contribution in [3.8, 4) is 0 Å². The lowest BCUT2D eigenvalue weighted by Crippen LogP contribution is -2.35. The SMILES string of the molecule is O=C(Nc1ccc(Cl)cc1)c1ccc(N2CCC(O)CC2)cc1. The number of carbonyl (C=O) groups excluding carboxylic acids is 1. The Kier molecular flexibility index (Phi) is 4.84. The Labute approximate surface area is 140 Å². The van der Waals surface area contributed by atoms with Crippen molar-refractivity contribution in [1.29, 1.82) is 0 Å². The van der Waals surface area contributed by atoms with Gasteiger partial charge < -0.3 is 15.3 Å². The van der Waals surface area contributed by atoms with Crippen molar-refractivity contribution in [1.82, 2.24) is 0 Å². The zero-order valence-electron chi connectivity index (χ0n) is 12.7. The first-order valence-electron chi connectivity index (χ1n) is 7.72. The van der Waals surface area contributed by atoms with Crippen LogP contribution < -0.4 is 10.2 Å². The van der Waals surface area contributed by atoms with E-state index in [4.69, 9.17) is 11.6 Å². The molecule has 1 aliphatic heterocycles. The van der Waals surface area contributed by atoms with E-state index in [-0.39, 0.29) is 12.0 Å². The summed E-state index contributed by atoms with van der Waals surface area (Å²) in [5, 5.41) is 13.0. The lowest BCUT2D eigenvalue weighted by atomic mass is 10.1. The molecule has 0 aliphatic carbocycles. The molecule has 120 valence electrons. The minimum Gasteiger partial charge on any atom is -0.393 e. The van der Waals surface area contributed by atoms with Crippen molar-refractivity contribution in [3.05, 3.63) is 59.1 Å². The Morgan fingerprint density at radius 1 is 1.04 bits per heavy atom. The number of rotatable bonds is 3. The molecule has 0 unspecified atom stereocenters. The molecule has 2 aromatic carbocycles. The van der Waals surface area contributed by atoms with E-state index < -0.39 is 0 Å². The van der Waals surface area contributed by atoms with Crippen LogP contribution in [-0.2, 0) is 0 Å². The van der Waals surface area contributed by atoms with Crippen molar-refractivity contribution in [2.45, 2.75) is 18.9 Å². The summed E-state index contributed by atoms with van der Waals surface area (Å²) in [7, 11) is 0. The fraction of sp³-hybridized carbons (Fsp3) is 0.278. The quantitative estimate of drug-likeness (QED) is 0.904. The molecule has 5 heteroatoms. The summed E-state index contributed by atoms with van der Waals surface area (Å²) in [6.07, 6.45) is 1.40. The van der Waals surface area contributed by atoms with E-state index in [1.54, 1.807) is 24.3 Å². The fourth-order valence-electron chi connectivity index (χ4n) is 2.68. The van der Waals surface area contributed by atoms with Gasteiger partial charge in [0, 0.05) is 35.1 Å². The molecule has 4 nitrogen and oxygen atoms in total. The summed E-state index contributed by atoms with van der Waals surface area (Å²) in [6, 6.07) is 14.6. The molecular formula is C18H19ClN2O2. The number of nitrogens with zero attached hydrogens (tertiary/aromatic N) is 1. The molecule has 1 saturated heterocycles. The van der Waals surface area contributed by atoms with Gasteiger partial charge in [-0.1, -0.05) is 11.6 Å². The summed E-state index contributed by atoms with van der Waals surface area (Å²) in [5.41, 5.74) is 2.41. The number of halogens is 1. The van der Waals surface area contributed by atoms with Crippen LogP contribution >= 0.6 is 11.6 Å². The average molecular weight is 331 g/mol. The predicted molar refractivity (Wildman–Crippen MR) is 93.3 cm³/mol. The third kappa shape index (κ3) is 4.03. The number of aliphatic hydroxyl groups is 1. The maximum absolute atomic E-state index is 12.2. The van der Waals surface area contributed by atoms with Gasteiger partial charge in [0.2, 0.25) is 0 Å². The first-order chi connectivity index (χ1) is 11.1. The van der Waals surface area contributed by atoms with Crippen LogP contribution in [0.1, 0.15) is 23.2 Å². The van der Waals surface area contributed by atoms with E-state index in [0.717, 1.165) is 31.6 Å². The Morgan fingerprint density at radius 3 is 2.26 bits per heavy atom. The average Bonchev–Trinajstić information content (AvgIpc) is 2.58. The molecule has 3 rings (SSSR count). The topological polar surface area (TPSA) is 52.6 Å². The third-order valence-corrected chi connectivity index (χ3v) is 4.31. The molecule has 1 aliphatic rings. The van der Waals surface area contributed by atoms with Crippen molar-refractivity contribution < 1.29 is 9.90 Å². The highest BCUT2D eigenvalue weighted by Gasteiger charge is 2.17. The summed E-state index contributed by atoms with van der Waals surface area (Å²) < 4.78 is 0. The van der Waals surface area contributed by atoms with Gasteiger partial charge >= 0.3 is 0 Å². The van der Waals surface area contributed by atoms with Gasteiger partial charge in [0.05, 0.1) is 6.10 Å². The highest BCUT2D eigenvalue weighted by Crippen LogP contribution is 2.21. The molecule has 2 aromatic rings. The number of carbonyl (C=O) groups is 1. The Balaban J connectivity index is 1.64. The van der Waals surface area contributed by atoms with Gasteiger partial charge in [-0.3, -0.25) is 4.79 Å². The highest BCUT2D eigenvalue weighted by atomic mass is 35.5. The van der Waals surface area contributed by atoms with E-state index in [2.05, 4.69) is 10.2 Å². The van der Waals surface area contributed by atoms with Crippen LogP contribution in [0.5, 0.6) is 0 Å². The van der Waals surface area contributed by atoms with E-state index in [0.29, 0.717) is 16.3 Å². The molecular weight excluding hydrogens is 312 g/mol. The normalized spacial score (nSPS) is 15.5. The van der Waals surface area contributed by atoms with Crippen molar-refractivity contribution in [2.75, 3.05) is 23.3 Å². The molecule has 1 heterocycles. The minimum absolute atomic E-state index is 0.145. The standard InChI is InChI=1S/C18H19ClN2O2/c19-14-3-5-15(6-4-14)20-18(23)13-1-7-16(8-2-13)21-11-9-17(22)10-12-21/h1-8,17,22H,9-12H2,(H,20,23). The smallest absolute Gasteiger partial charge is 0.255 e. The monoisotopic (exact) mass is 330 g/mol. The molecule has 0 bridgehead atoms. The minimum atomic E-state index is -0.185. The Hall–Kier alpha value is -2.04. The molecule has 0 spiro atoms. The van der Waals surface area contributed by atoms with E-state index in [9.17, 15) is 9.90 Å². The zero-order valence-corrected chi connectivity index (χ0v) is 13.5. The van der Waals surface area contributed by atoms with Crippen LogP contribution in [0.25, 0.3) is 0 Å². The molecule has 1 fully saturated rings. The molecule has 1 amide bonds. The second-order valence-electron chi connectivity index (χ2n) is 5.73. The number of hydrogen-bond donors (Lipinski definition) is 2. The van der Waals surface area contributed by atoms with Crippen LogP contribution in [-0.4, -0.2) is 30.2 Å². The molecule has 0 atom stereocenters. The van der Waals surface area contributed by atoms with Gasteiger partial charge in [-0.15, -0.1) is 0 Å². The van der Waals surface area contributed by atoms with E-state index in [1.165, 1.54) is 0 Å². The van der Waals surface area contributed by atoms with Gasteiger partial charge in [-0.25, -0.2) is 0 Å². The summed E-state index contributed by atoms with van der Waals surface area (Å²) in [5.74, 6) is -0.145. The highest BCUT2D eigenvalue weighted by molar-refractivity contribution is 6.30. The van der Waals surface area contributed by atoms with Crippen molar-refractivity contribution in [3.63, 3.8) is 0 Å². The largest absolute Gasteiger partial charge is 0.393 e. The Morgan fingerprint density at radius 2 is 1.65 bits per heavy atom. The molecule has 0 radical (unpaired) electrons. The molecule has 0 saturated carbocycles. The maximum Gasteiger partial charge on any atom is 0.255 e. The Bertz CT molecular complexity index is 662. The van der Waals surface area contributed by atoms with Crippen molar-refractivity contribution >= 4 is 28.9 Å². The van der Waals surface area contributed by atoms with Gasteiger partial charge in [0.25, 0.3) is 5.91 Å². The van der Waals surface area contributed by atoms with Crippen LogP contribution in [0.2, 0.25) is 5.02 Å². The van der Waals surface area contributed by atoms with Crippen molar-refractivity contribution in [2.24, 2.45) is 0 Å². The predicted octanol–water partition coefficient (Wildman–Crippen LogP) is 3.55. The molecule has 2 N–H and O–H groups in total. The second kappa shape index (κ2) is 7.02. The maximum atomic E-state index is 12.2. The lowest BCUT2D eigenvalue weighted by Gasteiger charge is -2.31. The van der Waals surface area contributed by atoms with E-state index >= 15 is 0 Å². The summed E-state index contributed by atoms with van der Waals surface area (Å²) >= 11 is 5.83. The van der Waals surface area contributed by atoms with Crippen LogP contribution in [0.4, 0.5) is 11.4 Å². The van der Waals surface area contributed by atoms with Crippen LogP contribution in [0.15, 0.2) is 48.5 Å². The number of piperidine rings is 1. The van der Waals surface area contributed by atoms with Gasteiger partial charge in [0.15, 0.2) is 0 Å². The summed E-state index contributed by atoms with van der Waals surface area (Å²) in [4.78, 5) is 14.5. The van der Waals surface area contributed by atoms with Crippen LogP contribution in [0, 0.1) is 0 Å². The zero-order chi connectivity index (χ0) is 16.2. The fourth-order valence-corrected chi connectivity index (χ4v) is 2.81. The first-order valence-corrected chi connectivity index (χ1v) is 8.09. The molecule has 0 aromatic heterocycles. The van der Waals surface area contributed by atoms with Gasteiger partial charge in [-0.2, -0.15) is 0 Å².